The van der Waals surface area contributed by atoms with E-state index in [-0.39, 0.29) is 0 Å². The van der Waals surface area contributed by atoms with Gasteiger partial charge in [-0.1, -0.05) is 36.2 Å². The van der Waals surface area contributed by atoms with Gasteiger partial charge in [0.25, 0.3) is 0 Å². The minimum absolute atomic E-state index is 0.446. The summed E-state index contributed by atoms with van der Waals surface area (Å²) in [6.07, 6.45) is 3.79. The van der Waals surface area contributed by atoms with Gasteiger partial charge in [-0.05, 0) is 44.5 Å². The molecule has 1 aromatic carbocycles. The van der Waals surface area contributed by atoms with E-state index < -0.39 is 11.5 Å². The van der Waals surface area contributed by atoms with Crippen LogP contribution in [-0.4, -0.2) is 34.6 Å². The number of rotatable bonds is 4. The molecule has 1 N–H and O–H groups in total. The van der Waals surface area contributed by atoms with Crippen LogP contribution in [0.4, 0.5) is 0 Å². The van der Waals surface area contributed by atoms with Crippen LogP contribution in [0.15, 0.2) is 24.3 Å². The fourth-order valence-electron chi connectivity index (χ4n) is 2.72. The highest BCUT2D eigenvalue weighted by Crippen LogP contribution is 2.28. The molecule has 0 spiro atoms. The van der Waals surface area contributed by atoms with Gasteiger partial charge in [0, 0.05) is 11.4 Å². The molecule has 0 aliphatic carbocycles. The first kappa shape index (κ1) is 14.4. The Hall–Kier alpha value is -1.06. The summed E-state index contributed by atoms with van der Waals surface area (Å²) in [5, 5.41) is 10.3. The number of benzene rings is 1. The molecule has 0 radical (unpaired) electrons. The first-order valence-electron chi connectivity index (χ1n) is 6.76. The highest BCUT2D eigenvalue weighted by molar-refractivity contribution is 6.31. The maximum Gasteiger partial charge on any atom is 0.324 e. The van der Waals surface area contributed by atoms with Crippen molar-refractivity contribution in [2.45, 2.75) is 38.1 Å². The molecule has 104 valence electrons. The van der Waals surface area contributed by atoms with E-state index in [1.165, 1.54) is 6.42 Å². The van der Waals surface area contributed by atoms with Crippen molar-refractivity contribution in [3.8, 4) is 0 Å². The normalized spacial score (nSPS) is 19.9. The molecule has 1 aliphatic heterocycles. The van der Waals surface area contributed by atoms with Gasteiger partial charge in [-0.25, -0.2) is 0 Å². The lowest BCUT2D eigenvalue weighted by molar-refractivity contribution is -0.151. The number of aliphatic carboxylic acids is 1. The largest absolute Gasteiger partial charge is 0.480 e. The van der Waals surface area contributed by atoms with Crippen molar-refractivity contribution >= 4 is 17.6 Å². The average molecular weight is 282 g/mol. The van der Waals surface area contributed by atoms with E-state index in [9.17, 15) is 9.90 Å². The van der Waals surface area contributed by atoms with Crippen LogP contribution in [0.1, 0.15) is 31.7 Å². The number of hydrogen-bond donors (Lipinski definition) is 1. The Morgan fingerprint density at radius 3 is 2.53 bits per heavy atom. The van der Waals surface area contributed by atoms with E-state index >= 15 is 0 Å². The zero-order chi connectivity index (χ0) is 13.9. The van der Waals surface area contributed by atoms with Crippen LogP contribution in [0.5, 0.6) is 0 Å². The van der Waals surface area contributed by atoms with E-state index in [1.54, 1.807) is 0 Å². The molecule has 1 heterocycles. The second kappa shape index (κ2) is 5.93. The molecule has 1 aromatic rings. The molecule has 3 nitrogen and oxygen atoms in total. The number of piperidine rings is 1. The van der Waals surface area contributed by atoms with Crippen LogP contribution in [0.25, 0.3) is 0 Å². The summed E-state index contributed by atoms with van der Waals surface area (Å²) < 4.78 is 0. The number of likely N-dealkylation sites (tertiary alicyclic amines) is 1. The van der Waals surface area contributed by atoms with Crippen molar-refractivity contribution in [3.05, 3.63) is 34.9 Å². The Morgan fingerprint density at radius 2 is 1.95 bits per heavy atom. The van der Waals surface area contributed by atoms with Crippen molar-refractivity contribution < 1.29 is 9.90 Å². The summed E-state index contributed by atoms with van der Waals surface area (Å²) in [5.74, 6) is -0.769. The van der Waals surface area contributed by atoms with Gasteiger partial charge in [0.2, 0.25) is 0 Å². The quantitative estimate of drug-likeness (QED) is 0.921. The summed E-state index contributed by atoms with van der Waals surface area (Å²) in [7, 11) is 0. The number of hydrogen-bond acceptors (Lipinski definition) is 2. The zero-order valence-corrected chi connectivity index (χ0v) is 12.0. The molecule has 1 aliphatic rings. The monoisotopic (exact) mass is 281 g/mol. The van der Waals surface area contributed by atoms with Crippen molar-refractivity contribution in [2.24, 2.45) is 0 Å². The molecule has 2 rings (SSSR count). The molecule has 1 saturated heterocycles. The predicted molar refractivity (Wildman–Crippen MR) is 76.6 cm³/mol. The second-order valence-electron chi connectivity index (χ2n) is 5.39. The molecule has 1 atom stereocenters. The average Bonchev–Trinajstić information content (AvgIpc) is 2.42. The number of carbonyl (C=O) groups is 1. The molecular formula is C15H20ClNO2. The number of carboxylic acids is 1. The number of halogens is 1. The zero-order valence-electron chi connectivity index (χ0n) is 11.2. The van der Waals surface area contributed by atoms with Crippen molar-refractivity contribution in [1.82, 2.24) is 4.90 Å². The maximum absolute atomic E-state index is 11.8. The van der Waals surface area contributed by atoms with Gasteiger partial charge >= 0.3 is 5.97 Å². The molecule has 0 amide bonds. The van der Waals surface area contributed by atoms with E-state index in [0.29, 0.717) is 11.4 Å². The van der Waals surface area contributed by atoms with Gasteiger partial charge in [0.15, 0.2) is 0 Å². The lowest BCUT2D eigenvalue weighted by atomic mass is 9.89. The molecule has 0 bridgehead atoms. The third-order valence-corrected chi connectivity index (χ3v) is 4.38. The molecule has 1 unspecified atom stereocenters. The van der Waals surface area contributed by atoms with Gasteiger partial charge in [0.1, 0.15) is 5.54 Å². The van der Waals surface area contributed by atoms with Crippen molar-refractivity contribution in [2.75, 3.05) is 13.1 Å². The lowest BCUT2D eigenvalue weighted by Crippen LogP contribution is -2.55. The molecule has 1 fully saturated rings. The summed E-state index contributed by atoms with van der Waals surface area (Å²) in [4.78, 5) is 13.8. The Labute approximate surface area is 119 Å². The Kier molecular flexibility index (Phi) is 4.48. The predicted octanol–water partition coefficient (Wildman–Crippen LogP) is 3.21. The van der Waals surface area contributed by atoms with Gasteiger partial charge < -0.3 is 5.11 Å². The van der Waals surface area contributed by atoms with E-state index in [1.807, 2.05) is 31.2 Å². The topological polar surface area (TPSA) is 40.5 Å². The molecule has 4 heteroatoms. The number of carboxylic acid groups (broad SMARTS) is 1. The second-order valence-corrected chi connectivity index (χ2v) is 5.80. The number of nitrogens with zero attached hydrogens (tertiary/aromatic N) is 1. The standard InChI is InChI=1S/C15H20ClNO2/c1-15(14(18)19,17-9-5-2-6-10-17)11-12-7-3-4-8-13(12)16/h3-4,7-8H,2,5-6,9-11H2,1H3,(H,18,19). The van der Waals surface area contributed by atoms with Crippen molar-refractivity contribution in [1.29, 1.82) is 0 Å². The molecular weight excluding hydrogens is 262 g/mol. The molecule has 0 saturated carbocycles. The molecule has 19 heavy (non-hydrogen) atoms. The van der Waals surface area contributed by atoms with Gasteiger partial charge in [0.05, 0.1) is 0 Å². The van der Waals surface area contributed by atoms with E-state index in [0.717, 1.165) is 31.5 Å². The van der Waals surface area contributed by atoms with Crippen LogP contribution in [0.3, 0.4) is 0 Å². The summed E-state index contributed by atoms with van der Waals surface area (Å²) >= 11 is 6.16. The fourth-order valence-corrected chi connectivity index (χ4v) is 2.93. The minimum Gasteiger partial charge on any atom is -0.480 e. The SMILES string of the molecule is CC(Cc1ccccc1Cl)(C(=O)O)N1CCCCC1. The first-order chi connectivity index (χ1) is 9.04. The van der Waals surface area contributed by atoms with Crippen LogP contribution in [0.2, 0.25) is 5.02 Å². The van der Waals surface area contributed by atoms with Crippen LogP contribution >= 0.6 is 11.6 Å². The summed E-state index contributed by atoms with van der Waals surface area (Å²) in [5.41, 5.74) is 0.0328. The summed E-state index contributed by atoms with van der Waals surface area (Å²) in [6, 6.07) is 7.49. The third-order valence-electron chi connectivity index (χ3n) is 4.01. The fraction of sp³-hybridized carbons (Fsp3) is 0.533. The molecule has 0 aromatic heterocycles. The lowest BCUT2D eigenvalue weighted by Gasteiger charge is -2.40. The minimum atomic E-state index is -0.870. The van der Waals surface area contributed by atoms with Crippen molar-refractivity contribution in [3.63, 3.8) is 0 Å². The van der Waals surface area contributed by atoms with Crippen LogP contribution in [-0.2, 0) is 11.2 Å². The Morgan fingerprint density at radius 1 is 1.32 bits per heavy atom. The first-order valence-corrected chi connectivity index (χ1v) is 7.14. The maximum atomic E-state index is 11.8. The van der Waals surface area contributed by atoms with Gasteiger partial charge in [-0.15, -0.1) is 0 Å². The van der Waals surface area contributed by atoms with E-state index in [2.05, 4.69) is 4.90 Å². The Balaban J connectivity index is 2.24. The smallest absolute Gasteiger partial charge is 0.324 e. The van der Waals surface area contributed by atoms with E-state index in [4.69, 9.17) is 11.6 Å². The highest BCUT2D eigenvalue weighted by atomic mass is 35.5. The third kappa shape index (κ3) is 3.10. The van der Waals surface area contributed by atoms with Crippen LogP contribution < -0.4 is 0 Å². The summed E-state index contributed by atoms with van der Waals surface area (Å²) in [6.45, 7) is 3.52. The highest BCUT2D eigenvalue weighted by Gasteiger charge is 2.40. The van der Waals surface area contributed by atoms with Crippen LogP contribution in [0, 0.1) is 0 Å². The van der Waals surface area contributed by atoms with Gasteiger partial charge in [-0.2, -0.15) is 0 Å². The van der Waals surface area contributed by atoms with Gasteiger partial charge in [-0.3, -0.25) is 9.69 Å². The Bertz CT molecular complexity index is 457.